The van der Waals surface area contributed by atoms with Crippen LogP contribution in [0.2, 0.25) is 0 Å². The molecule has 2 rings (SSSR count). The highest BCUT2D eigenvalue weighted by molar-refractivity contribution is 7.11. The minimum Gasteiger partial charge on any atom is -0.443 e. The van der Waals surface area contributed by atoms with Gasteiger partial charge in [-0.05, 0) is 6.42 Å². The monoisotopic (exact) mass is 335 g/mol. The SMILES string of the molecule is CCc1cnc(CNC(=NC)NCc2ncc(C(C)(C)C)o2)s1. The molecular weight excluding hydrogens is 310 g/mol. The Hall–Kier alpha value is -1.89. The van der Waals surface area contributed by atoms with Gasteiger partial charge in [-0.15, -0.1) is 11.3 Å². The van der Waals surface area contributed by atoms with E-state index in [4.69, 9.17) is 4.42 Å². The van der Waals surface area contributed by atoms with Crippen molar-refractivity contribution in [1.82, 2.24) is 20.6 Å². The maximum absolute atomic E-state index is 5.76. The third-order valence-electron chi connectivity index (χ3n) is 3.28. The van der Waals surface area contributed by atoms with E-state index < -0.39 is 0 Å². The lowest BCUT2D eigenvalue weighted by atomic mass is 9.94. The molecule has 2 N–H and O–H groups in total. The largest absolute Gasteiger partial charge is 0.443 e. The molecule has 0 atom stereocenters. The second-order valence-corrected chi connectivity index (χ2v) is 7.42. The summed E-state index contributed by atoms with van der Waals surface area (Å²) in [5.74, 6) is 2.24. The Morgan fingerprint density at radius 3 is 2.52 bits per heavy atom. The molecule has 0 radical (unpaired) electrons. The molecule has 6 nitrogen and oxygen atoms in total. The Kier molecular flexibility index (Phi) is 5.76. The third kappa shape index (κ3) is 5.06. The van der Waals surface area contributed by atoms with Crippen molar-refractivity contribution in [3.05, 3.63) is 33.9 Å². The van der Waals surface area contributed by atoms with Crippen LogP contribution in [0.4, 0.5) is 0 Å². The van der Waals surface area contributed by atoms with Gasteiger partial charge in [0.05, 0.1) is 19.3 Å². The second-order valence-electron chi connectivity index (χ2n) is 6.22. The number of thiazole rings is 1. The molecule has 23 heavy (non-hydrogen) atoms. The first-order chi connectivity index (χ1) is 10.9. The van der Waals surface area contributed by atoms with E-state index >= 15 is 0 Å². The smallest absolute Gasteiger partial charge is 0.213 e. The molecule has 0 saturated carbocycles. The number of nitrogens with one attached hydrogen (secondary N) is 2. The van der Waals surface area contributed by atoms with E-state index in [9.17, 15) is 0 Å². The molecule has 2 aromatic heterocycles. The third-order valence-corrected chi connectivity index (χ3v) is 4.42. The molecule has 0 fully saturated rings. The molecule has 0 amide bonds. The lowest BCUT2D eigenvalue weighted by Crippen LogP contribution is -2.36. The topological polar surface area (TPSA) is 75.3 Å². The fourth-order valence-corrected chi connectivity index (χ4v) is 2.67. The Morgan fingerprint density at radius 2 is 1.96 bits per heavy atom. The zero-order valence-corrected chi connectivity index (χ0v) is 15.3. The predicted molar refractivity (Wildman–Crippen MR) is 93.7 cm³/mol. The Bertz CT molecular complexity index is 653. The van der Waals surface area contributed by atoms with Gasteiger partial charge >= 0.3 is 0 Å². The maximum atomic E-state index is 5.76. The van der Waals surface area contributed by atoms with Gasteiger partial charge in [-0.1, -0.05) is 27.7 Å². The van der Waals surface area contributed by atoms with E-state index in [-0.39, 0.29) is 5.41 Å². The van der Waals surface area contributed by atoms with Gasteiger partial charge in [0.2, 0.25) is 5.89 Å². The van der Waals surface area contributed by atoms with Gasteiger partial charge in [-0.3, -0.25) is 4.99 Å². The molecule has 0 aliphatic heterocycles. The number of hydrogen-bond acceptors (Lipinski definition) is 5. The van der Waals surface area contributed by atoms with Crippen molar-refractivity contribution in [2.75, 3.05) is 7.05 Å². The molecule has 0 saturated heterocycles. The summed E-state index contributed by atoms with van der Waals surface area (Å²) in [4.78, 5) is 14.2. The molecule has 0 spiro atoms. The highest BCUT2D eigenvalue weighted by Crippen LogP contribution is 2.22. The van der Waals surface area contributed by atoms with Gasteiger partial charge in [0.1, 0.15) is 10.8 Å². The van der Waals surface area contributed by atoms with Crippen molar-refractivity contribution in [3.63, 3.8) is 0 Å². The quantitative estimate of drug-likeness (QED) is 0.649. The van der Waals surface area contributed by atoms with Crippen LogP contribution in [-0.4, -0.2) is 23.0 Å². The van der Waals surface area contributed by atoms with Crippen LogP contribution in [-0.2, 0) is 24.9 Å². The van der Waals surface area contributed by atoms with Crippen LogP contribution in [0, 0.1) is 0 Å². The molecular formula is C16H25N5OS. The predicted octanol–water partition coefficient (Wildman–Crippen LogP) is 2.86. The second kappa shape index (κ2) is 7.59. The lowest BCUT2D eigenvalue weighted by Gasteiger charge is -2.13. The van der Waals surface area contributed by atoms with E-state index in [1.807, 2.05) is 6.20 Å². The summed E-state index contributed by atoms with van der Waals surface area (Å²) in [7, 11) is 1.74. The van der Waals surface area contributed by atoms with Crippen LogP contribution in [0.1, 0.15) is 49.2 Å². The van der Waals surface area contributed by atoms with Crippen LogP contribution >= 0.6 is 11.3 Å². The Balaban J connectivity index is 1.84. The van der Waals surface area contributed by atoms with Crippen molar-refractivity contribution < 1.29 is 4.42 Å². The molecule has 0 aliphatic rings. The Labute approximate surface area is 141 Å². The average molecular weight is 335 g/mol. The Morgan fingerprint density at radius 1 is 1.22 bits per heavy atom. The number of aromatic nitrogens is 2. The average Bonchev–Trinajstić information content (AvgIpc) is 3.15. The van der Waals surface area contributed by atoms with Crippen LogP contribution in [0.15, 0.2) is 21.8 Å². The van der Waals surface area contributed by atoms with E-state index in [1.165, 1.54) is 4.88 Å². The van der Waals surface area contributed by atoms with Crippen LogP contribution in [0.25, 0.3) is 0 Å². The summed E-state index contributed by atoms with van der Waals surface area (Å²) >= 11 is 1.72. The van der Waals surface area contributed by atoms with Gasteiger partial charge in [0.25, 0.3) is 0 Å². The van der Waals surface area contributed by atoms with Crippen LogP contribution < -0.4 is 10.6 Å². The molecule has 7 heteroatoms. The normalized spacial score (nSPS) is 12.5. The molecule has 126 valence electrons. The minimum atomic E-state index is -0.0347. The number of hydrogen-bond donors (Lipinski definition) is 2. The maximum Gasteiger partial charge on any atom is 0.213 e. The molecule has 0 bridgehead atoms. The number of nitrogens with zero attached hydrogens (tertiary/aromatic N) is 3. The summed E-state index contributed by atoms with van der Waals surface area (Å²) < 4.78 is 5.76. The fraction of sp³-hybridized carbons (Fsp3) is 0.562. The molecule has 2 aromatic rings. The summed E-state index contributed by atoms with van der Waals surface area (Å²) in [5.41, 5.74) is -0.0347. The summed E-state index contributed by atoms with van der Waals surface area (Å²) in [6.07, 6.45) is 4.73. The minimum absolute atomic E-state index is 0.0347. The first-order valence-corrected chi connectivity index (χ1v) is 8.57. The van der Waals surface area contributed by atoms with E-state index in [0.29, 0.717) is 24.9 Å². The number of guanidine groups is 1. The fourth-order valence-electron chi connectivity index (χ4n) is 1.87. The van der Waals surface area contributed by atoms with Crippen LogP contribution in [0.3, 0.4) is 0 Å². The number of rotatable bonds is 5. The zero-order chi connectivity index (χ0) is 16.9. The van der Waals surface area contributed by atoms with Gasteiger partial charge < -0.3 is 15.1 Å². The zero-order valence-electron chi connectivity index (χ0n) is 14.4. The van der Waals surface area contributed by atoms with E-state index in [2.05, 4.69) is 53.3 Å². The van der Waals surface area contributed by atoms with Crippen molar-refractivity contribution in [3.8, 4) is 0 Å². The summed E-state index contributed by atoms with van der Waals surface area (Å²) in [5, 5.41) is 7.50. The number of aryl methyl sites for hydroxylation is 1. The summed E-state index contributed by atoms with van der Waals surface area (Å²) in [6, 6.07) is 0. The lowest BCUT2D eigenvalue weighted by molar-refractivity contribution is 0.379. The number of oxazole rings is 1. The van der Waals surface area contributed by atoms with Gasteiger partial charge in [-0.25, -0.2) is 9.97 Å². The van der Waals surface area contributed by atoms with Gasteiger partial charge in [0.15, 0.2) is 5.96 Å². The van der Waals surface area contributed by atoms with Gasteiger partial charge in [-0.2, -0.15) is 0 Å². The first kappa shape index (κ1) is 17.5. The van der Waals surface area contributed by atoms with Crippen molar-refractivity contribution >= 4 is 17.3 Å². The first-order valence-electron chi connectivity index (χ1n) is 7.75. The molecule has 0 aliphatic carbocycles. The molecule has 2 heterocycles. The van der Waals surface area contributed by atoms with Crippen LogP contribution in [0.5, 0.6) is 0 Å². The van der Waals surface area contributed by atoms with Crippen molar-refractivity contribution in [2.24, 2.45) is 4.99 Å². The molecule has 0 aromatic carbocycles. The standard InChI is InChI=1S/C16H25N5OS/c1-6-11-7-19-14(23-11)10-21-15(17-5)20-9-13-18-8-12(22-13)16(2,3)4/h7-8H,6,9-10H2,1-5H3,(H2,17,20,21). The molecule has 0 unspecified atom stereocenters. The number of aliphatic imine (C=N–C) groups is 1. The summed E-state index contributed by atoms with van der Waals surface area (Å²) in [6.45, 7) is 9.59. The van der Waals surface area contributed by atoms with Gasteiger partial charge in [0, 0.05) is 23.5 Å². The highest BCUT2D eigenvalue weighted by Gasteiger charge is 2.19. The van der Waals surface area contributed by atoms with Crippen molar-refractivity contribution in [2.45, 2.75) is 52.6 Å². The van der Waals surface area contributed by atoms with E-state index in [1.54, 1.807) is 24.6 Å². The van der Waals surface area contributed by atoms with E-state index in [0.717, 1.165) is 17.2 Å². The van der Waals surface area contributed by atoms with Crippen molar-refractivity contribution in [1.29, 1.82) is 0 Å². The highest BCUT2D eigenvalue weighted by atomic mass is 32.1.